The van der Waals surface area contributed by atoms with E-state index < -0.39 is 9.84 Å². The summed E-state index contributed by atoms with van der Waals surface area (Å²) >= 11 is 0. The number of nitrogens with zero attached hydrogens (tertiary/aromatic N) is 2. The van der Waals surface area contributed by atoms with Gasteiger partial charge in [0.15, 0.2) is 9.84 Å². The molecule has 2 fully saturated rings. The summed E-state index contributed by atoms with van der Waals surface area (Å²) in [4.78, 5) is 4.96. The van der Waals surface area contributed by atoms with Gasteiger partial charge in [-0.2, -0.15) is 0 Å². The van der Waals surface area contributed by atoms with E-state index in [1.165, 1.54) is 0 Å². The van der Waals surface area contributed by atoms with Crippen molar-refractivity contribution < 1.29 is 8.42 Å². The van der Waals surface area contributed by atoms with Crippen LogP contribution in [0.25, 0.3) is 0 Å². The quantitative estimate of drug-likeness (QED) is 0.776. The van der Waals surface area contributed by atoms with E-state index in [-0.39, 0.29) is 6.04 Å². The third-order valence-corrected chi connectivity index (χ3v) is 5.97. The Bertz CT molecular complexity index is 375. The second-order valence-electron chi connectivity index (χ2n) is 6.03. The molecule has 1 atom stereocenters. The first-order valence-corrected chi connectivity index (χ1v) is 9.18. The van der Waals surface area contributed by atoms with Gasteiger partial charge in [-0.3, -0.25) is 4.90 Å². The van der Waals surface area contributed by atoms with Gasteiger partial charge in [0.1, 0.15) is 0 Å². The summed E-state index contributed by atoms with van der Waals surface area (Å²) in [7, 11) is -2.79. The lowest BCUT2D eigenvalue weighted by Crippen LogP contribution is -2.51. The topological polar surface area (TPSA) is 52.7 Å². The molecule has 0 bridgehead atoms. The second-order valence-corrected chi connectivity index (χ2v) is 8.25. The summed E-state index contributed by atoms with van der Waals surface area (Å²) in [5.74, 6) is 0.621. The van der Waals surface area contributed by atoms with Crippen molar-refractivity contribution in [3.63, 3.8) is 0 Å². The number of rotatable bonds is 4. The van der Waals surface area contributed by atoms with Crippen LogP contribution in [-0.4, -0.2) is 81.1 Å². The van der Waals surface area contributed by atoms with Crippen LogP contribution in [0.2, 0.25) is 0 Å². The van der Waals surface area contributed by atoms with Crippen molar-refractivity contribution in [1.82, 2.24) is 15.1 Å². The largest absolute Gasteiger partial charge is 0.312 e. The third-order valence-electron chi connectivity index (χ3n) is 4.23. The molecule has 19 heavy (non-hydrogen) atoms. The third kappa shape index (κ3) is 4.70. The minimum atomic E-state index is -2.79. The lowest BCUT2D eigenvalue weighted by atomic mass is 10.2. The van der Waals surface area contributed by atoms with Gasteiger partial charge in [-0.05, 0) is 26.8 Å². The van der Waals surface area contributed by atoms with E-state index in [2.05, 4.69) is 29.0 Å². The van der Waals surface area contributed by atoms with Gasteiger partial charge in [0.05, 0.1) is 11.5 Å². The standard InChI is InChI=1S/C13H27N3O2S/c1-12(2)16-8-6-15(7-9-16)5-3-13-11-19(17,18)10-4-14-13/h12-14H,3-11H2,1-2H3. The van der Waals surface area contributed by atoms with Crippen molar-refractivity contribution in [2.24, 2.45) is 0 Å². The molecule has 2 aliphatic heterocycles. The van der Waals surface area contributed by atoms with Crippen molar-refractivity contribution in [2.45, 2.75) is 32.4 Å². The monoisotopic (exact) mass is 289 g/mol. The van der Waals surface area contributed by atoms with Gasteiger partial charge >= 0.3 is 0 Å². The molecule has 2 saturated heterocycles. The molecule has 0 aromatic rings. The van der Waals surface area contributed by atoms with Crippen molar-refractivity contribution in [3.8, 4) is 0 Å². The van der Waals surface area contributed by atoms with Gasteiger partial charge in [0.2, 0.25) is 0 Å². The van der Waals surface area contributed by atoms with Gasteiger partial charge in [0, 0.05) is 44.8 Å². The number of sulfone groups is 1. The summed E-state index contributed by atoms with van der Waals surface area (Å²) in [5, 5.41) is 3.33. The normalized spacial score (nSPS) is 29.7. The number of piperazine rings is 1. The first-order chi connectivity index (χ1) is 8.96. The highest BCUT2D eigenvalue weighted by atomic mass is 32.2. The molecular formula is C13H27N3O2S. The van der Waals surface area contributed by atoms with Crippen molar-refractivity contribution >= 4 is 9.84 Å². The van der Waals surface area contributed by atoms with Crippen LogP contribution in [0.4, 0.5) is 0 Å². The fourth-order valence-corrected chi connectivity index (χ4v) is 4.39. The Morgan fingerprint density at radius 3 is 2.47 bits per heavy atom. The van der Waals surface area contributed by atoms with Crippen LogP contribution in [0.3, 0.4) is 0 Å². The number of hydrogen-bond donors (Lipinski definition) is 1. The zero-order valence-electron chi connectivity index (χ0n) is 12.1. The molecule has 2 aliphatic rings. The van der Waals surface area contributed by atoms with E-state index in [4.69, 9.17) is 0 Å². The molecule has 2 heterocycles. The maximum absolute atomic E-state index is 11.6. The average Bonchev–Trinajstić information content (AvgIpc) is 2.36. The predicted octanol–water partition coefficient (Wildman–Crippen LogP) is -0.211. The molecular weight excluding hydrogens is 262 g/mol. The van der Waals surface area contributed by atoms with Gasteiger partial charge in [0.25, 0.3) is 0 Å². The van der Waals surface area contributed by atoms with Crippen LogP contribution >= 0.6 is 0 Å². The predicted molar refractivity (Wildman–Crippen MR) is 78.2 cm³/mol. The SMILES string of the molecule is CC(C)N1CCN(CCC2CS(=O)(=O)CCN2)CC1. The molecule has 0 aromatic carbocycles. The summed E-state index contributed by atoms with van der Waals surface area (Å²) in [6.45, 7) is 10.6. The second kappa shape index (κ2) is 6.52. The molecule has 0 amide bonds. The maximum atomic E-state index is 11.6. The highest BCUT2D eigenvalue weighted by Gasteiger charge is 2.25. The van der Waals surface area contributed by atoms with Gasteiger partial charge < -0.3 is 10.2 Å². The minimum Gasteiger partial charge on any atom is -0.312 e. The zero-order valence-corrected chi connectivity index (χ0v) is 13.0. The number of nitrogens with one attached hydrogen (secondary N) is 1. The van der Waals surface area contributed by atoms with Gasteiger partial charge in [-0.1, -0.05) is 0 Å². The minimum absolute atomic E-state index is 0.155. The summed E-state index contributed by atoms with van der Waals surface area (Å²) in [6, 6.07) is 0.786. The van der Waals surface area contributed by atoms with Crippen molar-refractivity contribution in [3.05, 3.63) is 0 Å². The van der Waals surface area contributed by atoms with Crippen LogP contribution in [0.5, 0.6) is 0 Å². The Labute approximate surface area is 117 Å². The Morgan fingerprint density at radius 2 is 1.89 bits per heavy atom. The van der Waals surface area contributed by atoms with Crippen LogP contribution in [0.15, 0.2) is 0 Å². The van der Waals surface area contributed by atoms with Crippen molar-refractivity contribution in [2.75, 3.05) is 50.8 Å². The summed E-state index contributed by atoms with van der Waals surface area (Å²) < 4.78 is 23.1. The average molecular weight is 289 g/mol. The molecule has 0 radical (unpaired) electrons. The van der Waals surface area contributed by atoms with E-state index >= 15 is 0 Å². The Morgan fingerprint density at radius 1 is 1.21 bits per heavy atom. The van der Waals surface area contributed by atoms with E-state index in [0.29, 0.717) is 24.1 Å². The van der Waals surface area contributed by atoms with Crippen LogP contribution in [-0.2, 0) is 9.84 Å². The molecule has 112 valence electrons. The van der Waals surface area contributed by atoms with E-state index in [0.717, 1.165) is 39.1 Å². The lowest BCUT2D eigenvalue weighted by molar-refractivity contribution is 0.106. The fraction of sp³-hybridized carbons (Fsp3) is 1.00. The van der Waals surface area contributed by atoms with Crippen LogP contribution < -0.4 is 5.32 Å². The molecule has 1 unspecified atom stereocenters. The van der Waals surface area contributed by atoms with E-state index in [9.17, 15) is 8.42 Å². The van der Waals surface area contributed by atoms with Gasteiger partial charge in [-0.25, -0.2) is 8.42 Å². The molecule has 1 N–H and O–H groups in total. The van der Waals surface area contributed by atoms with Crippen LogP contribution in [0.1, 0.15) is 20.3 Å². The Balaban J connectivity index is 1.69. The summed E-state index contributed by atoms with van der Waals surface area (Å²) in [5.41, 5.74) is 0. The maximum Gasteiger partial charge on any atom is 0.153 e. The molecule has 0 spiro atoms. The zero-order chi connectivity index (χ0) is 13.9. The Hall–Kier alpha value is -0.170. The molecule has 5 nitrogen and oxygen atoms in total. The first-order valence-electron chi connectivity index (χ1n) is 7.36. The Kier molecular flexibility index (Phi) is 5.22. The van der Waals surface area contributed by atoms with E-state index in [1.807, 2.05) is 0 Å². The molecule has 0 aromatic heterocycles. The molecule has 0 aliphatic carbocycles. The smallest absolute Gasteiger partial charge is 0.153 e. The van der Waals surface area contributed by atoms with E-state index in [1.54, 1.807) is 0 Å². The van der Waals surface area contributed by atoms with Crippen LogP contribution in [0, 0.1) is 0 Å². The lowest BCUT2D eigenvalue weighted by Gasteiger charge is -2.37. The first kappa shape index (κ1) is 15.2. The number of hydrogen-bond acceptors (Lipinski definition) is 5. The fourth-order valence-electron chi connectivity index (χ4n) is 2.89. The highest BCUT2D eigenvalue weighted by molar-refractivity contribution is 7.91. The van der Waals surface area contributed by atoms with Crippen molar-refractivity contribution in [1.29, 1.82) is 0 Å². The molecule has 2 rings (SSSR count). The highest BCUT2D eigenvalue weighted by Crippen LogP contribution is 2.09. The van der Waals surface area contributed by atoms with Gasteiger partial charge in [-0.15, -0.1) is 0 Å². The summed E-state index contributed by atoms with van der Waals surface area (Å²) in [6.07, 6.45) is 0.945. The molecule has 0 saturated carbocycles. The molecule has 6 heteroatoms.